The van der Waals surface area contributed by atoms with Crippen LogP contribution in [0.15, 0.2) is 48.5 Å². The highest BCUT2D eigenvalue weighted by atomic mass is 35.5. The first-order valence-corrected chi connectivity index (χ1v) is 9.66. The largest absolute Gasteiger partial charge is 0.323 e. The van der Waals surface area contributed by atoms with Gasteiger partial charge in [-0.05, 0) is 43.9 Å². The van der Waals surface area contributed by atoms with Crippen molar-refractivity contribution in [1.82, 2.24) is 9.78 Å². The molecule has 0 aliphatic heterocycles. The van der Waals surface area contributed by atoms with Crippen LogP contribution in [0.3, 0.4) is 0 Å². The number of hydrogen-bond donors (Lipinski definition) is 1. The maximum atomic E-state index is 14.1. The average Bonchev–Trinajstić information content (AvgIpc) is 3.44. The van der Waals surface area contributed by atoms with E-state index in [4.69, 9.17) is 11.6 Å². The van der Waals surface area contributed by atoms with Crippen molar-refractivity contribution < 1.29 is 9.18 Å². The van der Waals surface area contributed by atoms with Crippen molar-refractivity contribution >= 4 is 23.2 Å². The fourth-order valence-corrected chi connectivity index (χ4v) is 3.86. The monoisotopic (exact) mass is 397 g/mol. The Kier molecular flexibility index (Phi) is 4.94. The normalized spacial score (nSPS) is 18.1. The fourth-order valence-electron chi connectivity index (χ4n) is 3.63. The first-order chi connectivity index (χ1) is 13.5. The summed E-state index contributed by atoms with van der Waals surface area (Å²) in [7, 11) is 0. The van der Waals surface area contributed by atoms with Crippen LogP contribution in [-0.2, 0) is 11.3 Å². The van der Waals surface area contributed by atoms with Gasteiger partial charge in [-0.15, -0.1) is 0 Å². The highest BCUT2D eigenvalue weighted by Crippen LogP contribution is 2.48. The number of halogens is 2. The van der Waals surface area contributed by atoms with Crippen LogP contribution < -0.4 is 5.32 Å². The molecule has 1 fully saturated rings. The van der Waals surface area contributed by atoms with Crippen LogP contribution in [0.4, 0.5) is 10.1 Å². The van der Waals surface area contributed by atoms with Crippen LogP contribution in [0.1, 0.15) is 34.9 Å². The smallest absolute Gasteiger partial charge is 0.228 e. The molecule has 28 heavy (non-hydrogen) atoms. The van der Waals surface area contributed by atoms with E-state index in [1.807, 2.05) is 32.0 Å². The summed E-state index contributed by atoms with van der Waals surface area (Å²) in [6, 6.07) is 14.7. The third-order valence-corrected chi connectivity index (χ3v) is 5.71. The number of aromatic nitrogens is 2. The molecule has 1 aromatic heterocycles. The molecule has 1 heterocycles. The first kappa shape index (κ1) is 18.7. The van der Waals surface area contributed by atoms with Crippen molar-refractivity contribution in [2.75, 3.05) is 5.32 Å². The van der Waals surface area contributed by atoms with Crippen molar-refractivity contribution in [3.63, 3.8) is 0 Å². The van der Waals surface area contributed by atoms with E-state index in [2.05, 4.69) is 22.5 Å². The topological polar surface area (TPSA) is 46.9 Å². The summed E-state index contributed by atoms with van der Waals surface area (Å²) in [4.78, 5) is 12.7. The van der Waals surface area contributed by atoms with Gasteiger partial charge in [0, 0.05) is 16.5 Å². The summed E-state index contributed by atoms with van der Waals surface area (Å²) >= 11 is 6.14. The molecule has 0 bridgehead atoms. The lowest BCUT2D eigenvalue weighted by Crippen LogP contribution is -2.16. The van der Waals surface area contributed by atoms with Gasteiger partial charge in [0.05, 0.1) is 23.6 Å². The number of aryl methyl sites for hydroxylation is 1. The molecule has 4 nitrogen and oxygen atoms in total. The summed E-state index contributed by atoms with van der Waals surface area (Å²) < 4.78 is 15.8. The molecule has 1 aliphatic carbocycles. The van der Waals surface area contributed by atoms with Gasteiger partial charge in [0.2, 0.25) is 5.91 Å². The van der Waals surface area contributed by atoms with Gasteiger partial charge in [0.25, 0.3) is 0 Å². The van der Waals surface area contributed by atoms with Gasteiger partial charge in [-0.2, -0.15) is 5.10 Å². The Hall–Kier alpha value is -2.66. The quantitative estimate of drug-likeness (QED) is 0.652. The number of nitrogens with one attached hydrogen (secondary N) is 1. The zero-order chi connectivity index (χ0) is 19.8. The molecule has 1 saturated carbocycles. The van der Waals surface area contributed by atoms with Gasteiger partial charge in [0.1, 0.15) is 5.82 Å². The minimum Gasteiger partial charge on any atom is -0.323 e. The lowest BCUT2D eigenvalue weighted by Gasteiger charge is -2.09. The number of rotatable bonds is 5. The van der Waals surface area contributed by atoms with Crippen LogP contribution in [-0.4, -0.2) is 15.7 Å². The molecule has 0 unspecified atom stereocenters. The van der Waals surface area contributed by atoms with E-state index in [-0.39, 0.29) is 30.1 Å². The Balaban J connectivity index is 1.50. The van der Waals surface area contributed by atoms with E-state index in [0.29, 0.717) is 22.0 Å². The molecular weight excluding hydrogens is 377 g/mol. The number of carbonyl (C=O) groups excluding carboxylic acids is 1. The Bertz CT molecular complexity index is 1010. The maximum absolute atomic E-state index is 14.1. The second kappa shape index (κ2) is 7.40. The Morgan fingerprint density at radius 1 is 1.21 bits per heavy atom. The molecule has 2 atom stereocenters. The van der Waals surface area contributed by atoms with Crippen LogP contribution >= 0.6 is 11.6 Å². The van der Waals surface area contributed by atoms with Gasteiger partial charge in [-0.25, -0.2) is 4.39 Å². The van der Waals surface area contributed by atoms with E-state index in [0.717, 1.165) is 12.1 Å². The highest BCUT2D eigenvalue weighted by Gasteiger charge is 2.44. The number of amides is 1. The molecule has 6 heteroatoms. The number of benzene rings is 2. The maximum Gasteiger partial charge on any atom is 0.228 e. The molecule has 0 spiro atoms. The third kappa shape index (κ3) is 3.54. The van der Waals surface area contributed by atoms with E-state index < -0.39 is 0 Å². The van der Waals surface area contributed by atoms with Crippen LogP contribution in [0.5, 0.6) is 0 Å². The lowest BCUT2D eigenvalue weighted by molar-refractivity contribution is -0.117. The predicted octanol–water partition coefficient (Wildman–Crippen LogP) is 5.08. The Labute approximate surface area is 168 Å². The standard InChI is InChI=1S/C22H21ClFN3O/c1-13-21(25-22(28)17-11-16(17)15-7-4-3-5-8-15)14(2)27(26-13)12-18-19(23)9-6-10-20(18)24/h3-10,16-17H,11-12H2,1-2H3,(H,25,28)/t16-,17-/m1/s1. The fraction of sp³-hybridized carbons (Fsp3) is 0.273. The zero-order valence-corrected chi connectivity index (χ0v) is 16.5. The second-order valence-electron chi connectivity index (χ2n) is 7.25. The van der Waals surface area contributed by atoms with Gasteiger partial charge >= 0.3 is 0 Å². The third-order valence-electron chi connectivity index (χ3n) is 5.35. The lowest BCUT2D eigenvalue weighted by atomic mass is 10.1. The van der Waals surface area contributed by atoms with E-state index in [9.17, 15) is 9.18 Å². The second-order valence-corrected chi connectivity index (χ2v) is 7.66. The average molecular weight is 398 g/mol. The molecule has 4 rings (SSSR count). The Morgan fingerprint density at radius 2 is 1.96 bits per heavy atom. The highest BCUT2D eigenvalue weighted by molar-refractivity contribution is 6.31. The number of hydrogen-bond acceptors (Lipinski definition) is 2. The van der Waals surface area contributed by atoms with Crippen molar-refractivity contribution in [3.8, 4) is 0 Å². The van der Waals surface area contributed by atoms with E-state index >= 15 is 0 Å². The molecule has 1 N–H and O–H groups in total. The minimum absolute atomic E-state index is 0.00327. The van der Waals surface area contributed by atoms with E-state index in [1.165, 1.54) is 11.6 Å². The zero-order valence-electron chi connectivity index (χ0n) is 15.7. The number of carbonyl (C=O) groups is 1. The molecule has 0 saturated heterocycles. The van der Waals surface area contributed by atoms with Crippen molar-refractivity contribution in [1.29, 1.82) is 0 Å². The van der Waals surface area contributed by atoms with E-state index in [1.54, 1.807) is 16.8 Å². The minimum atomic E-state index is -0.366. The SMILES string of the molecule is Cc1nn(Cc2c(F)cccc2Cl)c(C)c1NC(=O)[C@@H]1C[C@@H]1c1ccccc1. The van der Waals surface area contributed by atoms with Crippen LogP contribution in [0.2, 0.25) is 5.02 Å². The molecule has 2 aromatic carbocycles. The number of nitrogens with zero attached hydrogens (tertiary/aromatic N) is 2. The van der Waals surface area contributed by atoms with Crippen molar-refractivity contribution in [3.05, 3.63) is 81.9 Å². The molecule has 3 aromatic rings. The van der Waals surface area contributed by atoms with Gasteiger partial charge < -0.3 is 5.32 Å². The summed E-state index contributed by atoms with van der Waals surface area (Å²) in [5.41, 5.74) is 3.76. The summed E-state index contributed by atoms with van der Waals surface area (Å²) in [6.07, 6.45) is 0.854. The van der Waals surface area contributed by atoms with Crippen LogP contribution in [0.25, 0.3) is 0 Å². The Morgan fingerprint density at radius 3 is 2.68 bits per heavy atom. The van der Waals surface area contributed by atoms with Gasteiger partial charge in [-0.1, -0.05) is 48.0 Å². The summed E-state index contributed by atoms with van der Waals surface area (Å²) in [5, 5.41) is 7.86. The van der Waals surface area contributed by atoms with Crippen LogP contribution in [0, 0.1) is 25.6 Å². The van der Waals surface area contributed by atoms with Gasteiger partial charge in [0.15, 0.2) is 0 Å². The summed E-state index contributed by atoms with van der Waals surface area (Å²) in [6.45, 7) is 3.92. The predicted molar refractivity (Wildman–Crippen MR) is 108 cm³/mol. The molecule has 1 aliphatic rings. The number of anilines is 1. The molecule has 1 amide bonds. The molecular formula is C22H21ClFN3O. The first-order valence-electron chi connectivity index (χ1n) is 9.28. The molecule has 0 radical (unpaired) electrons. The summed E-state index contributed by atoms with van der Waals surface area (Å²) in [5.74, 6) is -0.113. The molecule has 144 valence electrons. The van der Waals surface area contributed by atoms with Crippen molar-refractivity contribution in [2.45, 2.75) is 32.7 Å². The van der Waals surface area contributed by atoms with Crippen molar-refractivity contribution in [2.24, 2.45) is 5.92 Å². The van der Waals surface area contributed by atoms with Gasteiger partial charge in [-0.3, -0.25) is 9.48 Å².